The zero-order valence-electron chi connectivity index (χ0n) is 8.20. The van der Waals surface area contributed by atoms with Crippen molar-refractivity contribution in [2.75, 3.05) is 0 Å². The van der Waals surface area contributed by atoms with Gasteiger partial charge in [0.2, 0.25) is 4.96 Å². The largest absolute Gasteiger partial charge is 0.298 e. The number of hydrogen-bond donors (Lipinski definition) is 0. The molecule has 0 unspecified atom stereocenters. The molecule has 1 aromatic carbocycles. The van der Waals surface area contributed by atoms with Crippen LogP contribution in [0, 0.1) is 0 Å². The van der Waals surface area contributed by atoms with E-state index >= 15 is 0 Å². The number of aromatic nitrogens is 3. The predicted molar refractivity (Wildman–Crippen MR) is 61.7 cm³/mol. The molecule has 0 aliphatic heterocycles. The highest BCUT2D eigenvalue weighted by Gasteiger charge is 2.06. The molecule has 0 fully saturated rings. The van der Waals surface area contributed by atoms with Crippen LogP contribution < -0.4 is 0 Å². The first-order chi connectivity index (χ1) is 7.86. The van der Waals surface area contributed by atoms with Gasteiger partial charge in [0.15, 0.2) is 0 Å². The number of carbonyl (C=O) groups excluding carboxylic acids is 1. The quantitative estimate of drug-likeness (QED) is 0.633. The highest BCUT2D eigenvalue weighted by Crippen LogP contribution is 2.24. The molecule has 5 heteroatoms. The molecular weight excluding hydrogens is 222 g/mol. The van der Waals surface area contributed by atoms with Crippen molar-refractivity contribution >= 4 is 22.6 Å². The minimum Gasteiger partial charge on any atom is -0.298 e. The van der Waals surface area contributed by atoms with Crippen LogP contribution >= 0.6 is 11.3 Å². The second-order valence-electron chi connectivity index (χ2n) is 3.30. The summed E-state index contributed by atoms with van der Waals surface area (Å²) < 4.78 is 1.74. The third-order valence-electron chi connectivity index (χ3n) is 2.27. The SMILES string of the molecule is O=Cc1ccc(-c2nn3ccnc3s2)cc1. The molecule has 0 aliphatic carbocycles. The fourth-order valence-electron chi connectivity index (χ4n) is 1.46. The van der Waals surface area contributed by atoms with Gasteiger partial charge in [0.1, 0.15) is 11.3 Å². The molecule has 2 heterocycles. The first kappa shape index (κ1) is 9.23. The molecule has 0 atom stereocenters. The van der Waals surface area contributed by atoms with Crippen molar-refractivity contribution in [1.82, 2.24) is 14.6 Å². The van der Waals surface area contributed by atoms with Gasteiger partial charge in [-0.1, -0.05) is 35.6 Å². The van der Waals surface area contributed by atoms with Crippen molar-refractivity contribution < 1.29 is 4.79 Å². The van der Waals surface area contributed by atoms with Gasteiger partial charge in [-0.3, -0.25) is 4.79 Å². The molecule has 16 heavy (non-hydrogen) atoms. The standard InChI is InChI=1S/C11H7N3OS/c15-7-8-1-3-9(4-2-8)10-13-14-6-5-12-11(14)16-10/h1-7H. The van der Waals surface area contributed by atoms with Crippen LogP contribution in [0.25, 0.3) is 15.5 Å². The van der Waals surface area contributed by atoms with E-state index in [1.54, 1.807) is 22.8 Å². The zero-order chi connectivity index (χ0) is 11.0. The topological polar surface area (TPSA) is 47.3 Å². The molecule has 4 nitrogen and oxygen atoms in total. The average molecular weight is 229 g/mol. The molecule has 3 aromatic rings. The molecule has 0 aliphatic rings. The Balaban J connectivity index is 2.08. The van der Waals surface area contributed by atoms with Crippen LogP contribution in [0.5, 0.6) is 0 Å². The van der Waals surface area contributed by atoms with E-state index in [9.17, 15) is 4.79 Å². The molecule has 0 amide bonds. The van der Waals surface area contributed by atoms with Gasteiger partial charge < -0.3 is 0 Å². The van der Waals surface area contributed by atoms with Crippen molar-refractivity contribution in [3.63, 3.8) is 0 Å². The fourth-order valence-corrected chi connectivity index (χ4v) is 2.32. The molecule has 2 aromatic heterocycles. The molecule has 0 N–H and O–H groups in total. The Kier molecular flexibility index (Phi) is 2.04. The van der Waals surface area contributed by atoms with Crippen molar-refractivity contribution in [3.05, 3.63) is 42.2 Å². The number of aldehydes is 1. The Morgan fingerprint density at radius 3 is 2.75 bits per heavy atom. The summed E-state index contributed by atoms with van der Waals surface area (Å²) in [5.41, 5.74) is 1.67. The summed E-state index contributed by atoms with van der Waals surface area (Å²) in [5.74, 6) is 0. The van der Waals surface area contributed by atoms with Crippen molar-refractivity contribution in [3.8, 4) is 10.6 Å². The minimum atomic E-state index is 0.671. The molecule has 3 rings (SSSR count). The van der Waals surface area contributed by atoms with E-state index in [0.717, 1.165) is 21.8 Å². The van der Waals surface area contributed by atoms with Gasteiger partial charge in [0.25, 0.3) is 0 Å². The first-order valence-corrected chi connectivity index (χ1v) is 5.54. The number of nitrogens with zero attached hydrogens (tertiary/aromatic N) is 3. The molecule has 0 spiro atoms. The highest BCUT2D eigenvalue weighted by molar-refractivity contribution is 7.19. The summed E-state index contributed by atoms with van der Waals surface area (Å²) in [7, 11) is 0. The lowest BCUT2D eigenvalue weighted by Gasteiger charge is -1.94. The summed E-state index contributed by atoms with van der Waals surface area (Å²) in [6, 6.07) is 7.35. The lowest BCUT2D eigenvalue weighted by Crippen LogP contribution is -1.83. The van der Waals surface area contributed by atoms with E-state index in [1.165, 1.54) is 11.3 Å². The third kappa shape index (κ3) is 1.42. The lowest BCUT2D eigenvalue weighted by molar-refractivity contribution is 0.112. The average Bonchev–Trinajstić information content (AvgIpc) is 2.89. The maximum Gasteiger partial charge on any atom is 0.212 e. The smallest absolute Gasteiger partial charge is 0.212 e. The zero-order valence-corrected chi connectivity index (χ0v) is 9.02. The molecule has 0 saturated carbocycles. The third-order valence-corrected chi connectivity index (χ3v) is 3.25. The molecule has 0 radical (unpaired) electrons. The molecular formula is C11H7N3OS. The van der Waals surface area contributed by atoms with Gasteiger partial charge in [0, 0.05) is 17.3 Å². The second kappa shape index (κ2) is 3.53. The maximum atomic E-state index is 10.5. The van der Waals surface area contributed by atoms with Gasteiger partial charge in [0.05, 0.1) is 6.20 Å². The summed E-state index contributed by atoms with van der Waals surface area (Å²) in [4.78, 5) is 15.6. The summed E-state index contributed by atoms with van der Waals surface area (Å²) in [6.45, 7) is 0. The van der Waals surface area contributed by atoms with Crippen LogP contribution in [-0.4, -0.2) is 20.9 Å². The van der Waals surface area contributed by atoms with E-state index in [2.05, 4.69) is 10.1 Å². The summed E-state index contributed by atoms with van der Waals surface area (Å²) in [6.07, 6.45) is 4.37. The van der Waals surface area contributed by atoms with E-state index in [1.807, 2.05) is 18.3 Å². The number of imidazole rings is 1. The minimum absolute atomic E-state index is 0.671. The molecule has 78 valence electrons. The van der Waals surface area contributed by atoms with Crippen molar-refractivity contribution in [2.24, 2.45) is 0 Å². The monoisotopic (exact) mass is 229 g/mol. The molecule has 0 saturated heterocycles. The number of hydrogen-bond acceptors (Lipinski definition) is 4. The van der Waals surface area contributed by atoms with E-state index in [0.29, 0.717) is 5.56 Å². The maximum absolute atomic E-state index is 10.5. The van der Waals surface area contributed by atoms with Crippen molar-refractivity contribution in [2.45, 2.75) is 0 Å². The van der Waals surface area contributed by atoms with Gasteiger partial charge >= 0.3 is 0 Å². The summed E-state index contributed by atoms with van der Waals surface area (Å²) in [5, 5.41) is 5.29. The number of rotatable bonds is 2. The number of fused-ring (bicyclic) bond motifs is 1. The Morgan fingerprint density at radius 1 is 1.25 bits per heavy atom. The Morgan fingerprint density at radius 2 is 2.06 bits per heavy atom. The van der Waals surface area contributed by atoms with Crippen LogP contribution in [0.1, 0.15) is 10.4 Å². The van der Waals surface area contributed by atoms with Crippen LogP contribution in [0.4, 0.5) is 0 Å². The molecule has 0 bridgehead atoms. The normalized spacial score (nSPS) is 10.8. The number of benzene rings is 1. The van der Waals surface area contributed by atoms with E-state index in [4.69, 9.17) is 0 Å². The fraction of sp³-hybridized carbons (Fsp3) is 0. The lowest BCUT2D eigenvalue weighted by atomic mass is 10.2. The predicted octanol–water partition coefficient (Wildman–Crippen LogP) is 2.27. The van der Waals surface area contributed by atoms with Gasteiger partial charge in [-0.05, 0) is 0 Å². The van der Waals surface area contributed by atoms with Gasteiger partial charge in [-0.25, -0.2) is 9.50 Å². The van der Waals surface area contributed by atoms with Crippen LogP contribution in [0.3, 0.4) is 0 Å². The summed E-state index contributed by atoms with van der Waals surface area (Å²) >= 11 is 1.52. The Hall–Kier alpha value is -2.01. The van der Waals surface area contributed by atoms with Crippen molar-refractivity contribution in [1.29, 1.82) is 0 Å². The van der Waals surface area contributed by atoms with Crippen LogP contribution in [0.2, 0.25) is 0 Å². The van der Waals surface area contributed by atoms with E-state index < -0.39 is 0 Å². The van der Waals surface area contributed by atoms with Gasteiger partial charge in [-0.2, -0.15) is 5.10 Å². The van der Waals surface area contributed by atoms with E-state index in [-0.39, 0.29) is 0 Å². The van der Waals surface area contributed by atoms with Crippen LogP contribution in [0.15, 0.2) is 36.7 Å². The second-order valence-corrected chi connectivity index (χ2v) is 4.26. The first-order valence-electron chi connectivity index (χ1n) is 4.72. The number of carbonyl (C=O) groups is 1. The Labute approximate surface area is 95.2 Å². The highest BCUT2D eigenvalue weighted by atomic mass is 32.1. The van der Waals surface area contributed by atoms with Gasteiger partial charge in [-0.15, -0.1) is 0 Å². The van der Waals surface area contributed by atoms with Crippen LogP contribution in [-0.2, 0) is 0 Å². The Bertz CT molecular complexity index is 610.